The van der Waals surface area contributed by atoms with Gasteiger partial charge in [-0.15, -0.1) is 0 Å². The molecule has 1 aromatic rings. The molecule has 4 heteroatoms. The minimum absolute atomic E-state index is 0.220. The number of nitrogens with zero attached hydrogens (tertiary/aromatic N) is 1. The van der Waals surface area contributed by atoms with Crippen LogP contribution in [0.4, 0.5) is 0 Å². The second-order valence-corrected chi connectivity index (χ2v) is 6.02. The van der Waals surface area contributed by atoms with Gasteiger partial charge in [-0.2, -0.15) is 0 Å². The largest absolute Gasteiger partial charge is 0.478 e. The summed E-state index contributed by atoms with van der Waals surface area (Å²) in [5, 5.41) is 8.91. The summed E-state index contributed by atoms with van der Waals surface area (Å²) >= 11 is 0. The van der Waals surface area contributed by atoms with Crippen molar-refractivity contribution >= 4 is 11.9 Å². The standard InChI is InChI=1S/C19H25NO3/c1-2-3-4-5-6-17-11-12-18(21)20(17)14-13-15-7-9-16(10-8-15)19(22)23/h5-10,17H,2-4,11-14H2,1H3,(H,22,23)/b6-5+. The monoisotopic (exact) mass is 315 g/mol. The number of unbranched alkanes of at least 4 members (excludes halogenated alkanes) is 2. The fraction of sp³-hybridized carbons (Fsp3) is 0.474. The van der Waals surface area contributed by atoms with E-state index in [1.165, 1.54) is 12.8 Å². The van der Waals surface area contributed by atoms with Crippen LogP contribution in [-0.4, -0.2) is 34.5 Å². The van der Waals surface area contributed by atoms with Crippen molar-refractivity contribution in [3.63, 3.8) is 0 Å². The summed E-state index contributed by atoms with van der Waals surface area (Å²) in [5.74, 6) is -0.694. The smallest absolute Gasteiger partial charge is 0.335 e. The highest BCUT2D eigenvalue weighted by Gasteiger charge is 2.28. The molecule has 1 fully saturated rings. The molecule has 0 spiro atoms. The molecule has 1 heterocycles. The molecule has 0 aromatic heterocycles. The Kier molecular flexibility index (Phi) is 6.39. The first kappa shape index (κ1) is 17.3. The van der Waals surface area contributed by atoms with Crippen LogP contribution < -0.4 is 0 Å². The van der Waals surface area contributed by atoms with E-state index in [1.807, 2.05) is 17.0 Å². The Morgan fingerprint density at radius 2 is 2.09 bits per heavy atom. The number of carboxylic acids is 1. The lowest BCUT2D eigenvalue weighted by Gasteiger charge is -2.22. The average Bonchev–Trinajstić information content (AvgIpc) is 2.90. The molecule has 4 nitrogen and oxygen atoms in total. The summed E-state index contributed by atoms with van der Waals surface area (Å²) in [7, 11) is 0. The molecule has 0 saturated carbocycles. The van der Waals surface area contributed by atoms with Crippen molar-refractivity contribution in [3.05, 3.63) is 47.5 Å². The molecule has 1 saturated heterocycles. The van der Waals surface area contributed by atoms with Gasteiger partial charge in [-0.3, -0.25) is 4.79 Å². The van der Waals surface area contributed by atoms with Crippen molar-refractivity contribution in [1.82, 2.24) is 4.90 Å². The highest BCUT2D eigenvalue weighted by atomic mass is 16.4. The summed E-state index contributed by atoms with van der Waals surface area (Å²) in [6.45, 7) is 2.86. The SMILES string of the molecule is CCCC/C=C/C1CCC(=O)N1CCc1ccc(C(=O)O)cc1. The summed E-state index contributed by atoms with van der Waals surface area (Å²) in [6, 6.07) is 7.11. The summed E-state index contributed by atoms with van der Waals surface area (Å²) in [6.07, 6.45) is 10.1. The van der Waals surface area contributed by atoms with Gasteiger partial charge in [0.1, 0.15) is 0 Å². The summed E-state index contributed by atoms with van der Waals surface area (Å²) < 4.78 is 0. The van der Waals surface area contributed by atoms with Gasteiger partial charge in [0.05, 0.1) is 11.6 Å². The molecule has 2 rings (SSSR count). The van der Waals surface area contributed by atoms with E-state index in [0.717, 1.165) is 24.8 Å². The van der Waals surface area contributed by atoms with Gasteiger partial charge in [-0.25, -0.2) is 4.79 Å². The molecule has 1 N–H and O–H groups in total. The number of likely N-dealkylation sites (tertiary alicyclic amines) is 1. The van der Waals surface area contributed by atoms with Crippen LogP contribution in [0, 0.1) is 0 Å². The van der Waals surface area contributed by atoms with Crippen molar-refractivity contribution in [1.29, 1.82) is 0 Å². The molecule has 124 valence electrons. The van der Waals surface area contributed by atoms with E-state index < -0.39 is 5.97 Å². The molecule has 1 aliphatic rings. The van der Waals surface area contributed by atoms with E-state index in [4.69, 9.17) is 5.11 Å². The van der Waals surface area contributed by atoms with Crippen molar-refractivity contribution in [2.45, 2.75) is 51.5 Å². The quantitative estimate of drug-likeness (QED) is 0.588. The Hall–Kier alpha value is -2.10. The van der Waals surface area contributed by atoms with Gasteiger partial charge in [0.15, 0.2) is 0 Å². The normalized spacial score (nSPS) is 18.0. The molecule has 1 atom stereocenters. The molecule has 1 aromatic carbocycles. The number of carbonyl (C=O) groups is 2. The van der Waals surface area contributed by atoms with E-state index in [2.05, 4.69) is 19.1 Å². The Labute approximate surface area is 137 Å². The number of amides is 1. The third-order valence-corrected chi connectivity index (χ3v) is 4.30. The third kappa shape index (κ3) is 4.95. The molecule has 1 aliphatic heterocycles. The van der Waals surface area contributed by atoms with Gasteiger partial charge in [0, 0.05) is 13.0 Å². The van der Waals surface area contributed by atoms with E-state index in [-0.39, 0.29) is 11.9 Å². The number of carboxylic acid groups (broad SMARTS) is 1. The highest BCUT2D eigenvalue weighted by molar-refractivity contribution is 5.87. The van der Waals surface area contributed by atoms with E-state index >= 15 is 0 Å². The van der Waals surface area contributed by atoms with Gasteiger partial charge < -0.3 is 10.0 Å². The van der Waals surface area contributed by atoms with Crippen LogP contribution in [-0.2, 0) is 11.2 Å². The molecule has 0 radical (unpaired) electrons. The van der Waals surface area contributed by atoms with Crippen LogP contribution in [0.2, 0.25) is 0 Å². The summed E-state index contributed by atoms with van der Waals surface area (Å²) in [5.41, 5.74) is 1.35. The van der Waals surface area contributed by atoms with Gasteiger partial charge in [-0.1, -0.05) is 44.1 Å². The van der Waals surface area contributed by atoms with Crippen molar-refractivity contribution < 1.29 is 14.7 Å². The van der Waals surface area contributed by atoms with Crippen LogP contribution in [0.1, 0.15) is 54.9 Å². The first-order chi connectivity index (χ1) is 11.1. The maximum Gasteiger partial charge on any atom is 0.335 e. The lowest BCUT2D eigenvalue weighted by atomic mass is 10.1. The van der Waals surface area contributed by atoms with Crippen LogP contribution in [0.5, 0.6) is 0 Å². The maximum absolute atomic E-state index is 12.1. The van der Waals surface area contributed by atoms with Crippen molar-refractivity contribution in [3.8, 4) is 0 Å². The van der Waals surface area contributed by atoms with Gasteiger partial charge in [-0.05, 0) is 37.0 Å². The lowest BCUT2D eigenvalue weighted by Crippen LogP contribution is -2.33. The highest BCUT2D eigenvalue weighted by Crippen LogP contribution is 2.21. The van der Waals surface area contributed by atoms with E-state index in [1.54, 1.807) is 12.1 Å². The molecular weight excluding hydrogens is 290 g/mol. The zero-order chi connectivity index (χ0) is 16.7. The Morgan fingerprint density at radius 3 is 2.74 bits per heavy atom. The molecule has 0 bridgehead atoms. The predicted octanol–water partition coefficient (Wildman–Crippen LogP) is 3.66. The van der Waals surface area contributed by atoms with E-state index in [0.29, 0.717) is 18.5 Å². The van der Waals surface area contributed by atoms with Gasteiger partial charge >= 0.3 is 5.97 Å². The fourth-order valence-corrected chi connectivity index (χ4v) is 2.89. The minimum Gasteiger partial charge on any atom is -0.478 e. The lowest BCUT2D eigenvalue weighted by molar-refractivity contribution is -0.128. The number of carbonyl (C=O) groups excluding carboxylic acids is 1. The Bertz CT molecular complexity index is 562. The second-order valence-electron chi connectivity index (χ2n) is 6.02. The predicted molar refractivity (Wildman–Crippen MR) is 90.5 cm³/mol. The van der Waals surface area contributed by atoms with Crippen molar-refractivity contribution in [2.24, 2.45) is 0 Å². The average molecular weight is 315 g/mol. The molecule has 1 unspecified atom stereocenters. The van der Waals surface area contributed by atoms with Crippen LogP contribution in [0.15, 0.2) is 36.4 Å². The number of hydrogen-bond donors (Lipinski definition) is 1. The number of benzene rings is 1. The first-order valence-corrected chi connectivity index (χ1v) is 8.40. The van der Waals surface area contributed by atoms with Gasteiger partial charge in [0.2, 0.25) is 5.91 Å². The summed E-state index contributed by atoms with van der Waals surface area (Å²) in [4.78, 5) is 24.9. The number of aromatic carboxylic acids is 1. The zero-order valence-corrected chi connectivity index (χ0v) is 13.7. The molecule has 1 amide bonds. The van der Waals surface area contributed by atoms with E-state index in [9.17, 15) is 9.59 Å². The minimum atomic E-state index is -0.913. The first-order valence-electron chi connectivity index (χ1n) is 8.40. The maximum atomic E-state index is 12.1. The van der Waals surface area contributed by atoms with Crippen LogP contribution in [0.25, 0.3) is 0 Å². The fourth-order valence-electron chi connectivity index (χ4n) is 2.89. The van der Waals surface area contributed by atoms with Crippen LogP contribution >= 0.6 is 0 Å². The molecular formula is C19H25NO3. The topological polar surface area (TPSA) is 57.6 Å². The zero-order valence-electron chi connectivity index (χ0n) is 13.7. The second kappa shape index (κ2) is 8.51. The molecule has 0 aliphatic carbocycles. The number of allylic oxidation sites excluding steroid dienone is 1. The Morgan fingerprint density at radius 1 is 1.35 bits per heavy atom. The number of hydrogen-bond acceptors (Lipinski definition) is 2. The number of rotatable bonds is 8. The molecule has 23 heavy (non-hydrogen) atoms. The third-order valence-electron chi connectivity index (χ3n) is 4.30. The Balaban J connectivity index is 1.90. The van der Waals surface area contributed by atoms with Crippen LogP contribution in [0.3, 0.4) is 0 Å². The van der Waals surface area contributed by atoms with Crippen molar-refractivity contribution in [2.75, 3.05) is 6.54 Å². The van der Waals surface area contributed by atoms with Gasteiger partial charge in [0.25, 0.3) is 0 Å².